The van der Waals surface area contributed by atoms with Gasteiger partial charge in [0.2, 0.25) is 0 Å². The molecule has 0 unspecified atom stereocenters. The van der Waals surface area contributed by atoms with Crippen LogP contribution in [0.4, 0.5) is 5.69 Å². The Morgan fingerprint density at radius 3 is 3.12 bits per heavy atom. The van der Waals surface area contributed by atoms with Crippen LogP contribution in [0.1, 0.15) is 30.1 Å². The summed E-state index contributed by atoms with van der Waals surface area (Å²) in [5.74, 6) is 0.925. The van der Waals surface area contributed by atoms with Crippen LogP contribution in [0.25, 0.3) is 0 Å². The Balaban J connectivity index is 1.46. The van der Waals surface area contributed by atoms with E-state index < -0.39 is 0 Å². The number of nitrogens with zero attached hydrogens (tertiary/aromatic N) is 4. The average Bonchev–Trinajstić information content (AvgIpc) is 3.19. The van der Waals surface area contributed by atoms with Crippen molar-refractivity contribution in [3.63, 3.8) is 0 Å². The summed E-state index contributed by atoms with van der Waals surface area (Å²) >= 11 is 0. The molecule has 1 fully saturated rings. The van der Waals surface area contributed by atoms with Crippen LogP contribution in [0.15, 0.2) is 28.8 Å². The number of ether oxygens (including phenoxy) is 1. The van der Waals surface area contributed by atoms with Crippen molar-refractivity contribution in [1.29, 1.82) is 0 Å². The lowest BCUT2D eigenvalue weighted by Gasteiger charge is -2.26. The van der Waals surface area contributed by atoms with Crippen molar-refractivity contribution in [1.82, 2.24) is 15.0 Å². The molecule has 0 saturated carbocycles. The standard InChI is InChI=1S/C18H22N4O3/c1-13-19-17(25-20-13)11-24-12-18(23)22-10-15-6-4-8-21(15)9-14-5-2-3-7-16(14)22/h2-3,5,7,15H,4,6,8-12H2,1H3/t15-/m1/s1. The van der Waals surface area contributed by atoms with E-state index in [1.165, 1.54) is 12.0 Å². The molecule has 2 aromatic rings. The Hall–Kier alpha value is -2.25. The molecule has 0 radical (unpaired) electrons. The molecule has 1 aromatic carbocycles. The lowest BCUT2D eigenvalue weighted by molar-refractivity contribution is -0.123. The average molecular weight is 342 g/mol. The second-order valence-electron chi connectivity index (χ2n) is 6.63. The highest BCUT2D eigenvalue weighted by molar-refractivity contribution is 5.95. The molecule has 0 N–H and O–H groups in total. The maximum Gasteiger partial charge on any atom is 0.253 e. The van der Waals surface area contributed by atoms with Gasteiger partial charge in [0.05, 0.1) is 0 Å². The van der Waals surface area contributed by atoms with Crippen LogP contribution in [0.5, 0.6) is 0 Å². The minimum absolute atomic E-state index is 0.00246. The molecule has 0 spiro atoms. The van der Waals surface area contributed by atoms with Gasteiger partial charge in [-0.2, -0.15) is 4.98 Å². The predicted octanol–water partition coefficient (Wildman–Crippen LogP) is 1.91. The largest absolute Gasteiger partial charge is 0.362 e. The third-order valence-electron chi connectivity index (χ3n) is 4.87. The number of amides is 1. The monoisotopic (exact) mass is 342 g/mol. The minimum Gasteiger partial charge on any atom is -0.362 e. The van der Waals surface area contributed by atoms with Crippen LogP contribution < -0.4 is 4.90 Å². The van der Waals surface area contributed by atoms with Gasteiger partial charge in [-0.05, 0) is 37.9 Å². The zero-order valence-electron chi connectivity index (χ0n) is 14.4. The molecule has 1 saturated heterocycles. The van der Waals surface area contributed by atoms with Gasteiger partial charge in [0, 0.05) is 24.8 Å². The smallest absolute Gasteiger partial charge is 0.253 e. The number of anilines is 1. The van der Waals surface area contributed by atoms with Crippen molar-refractivity contribution < 1.29 is 14.1 Å². The van der Waals surface area contributed by atoms with Crippen LogP contribution in [-0.4, -0.2) is 46.7 Å². The number of hydrogen-bond donors (Lipinski definition) is 0. The van der Waals surface area contributed by atoms with E-state index in [0.29, 0.717) is 17.8 Å². The van der Waals surface area contributed by atoms with Gasteiger partial charge in [0.1, 0.15) is 13.2 Å². The van der Waals surface area contributed by atoms with E-state index in [4.69, 9.17) is 9.26 Å². The first-order valence-electron chi connectivity index (χ1n) is 8.70. The zero-order valence-corrected chi connectivity index (χ0v) is 14.4. The van der Waals surface area contributed by atoms with Crippen LogP contribution in [-0.2, 0) is 22.7 Å². The molecule has 25 heavy (non-hydrogen) atoms. The van der Waals surface area contributed by atoms with E-state index in [2.05, 4.69) is 21.1 Å². The summed E-state index contributed by atoms with van der Waals surface area (Å²) in [5.41, 5.74) is 2.20. The van der Waals surface area contributed by atoms with E-state index in [1.807, 2.05) is 23.1 Å². The molecule has 0 bridgehead atoms. The number of aryl methyl sites for hydroxylation is 1. The van der Waals surface area contributed by atoms with Crippen molar-refractivity contribution in [3.05, 3.63) is 41.5 Å². The molecule has 2 aliphatic rings. The minimum atomic E-state index is -0.0302. The van der Waals surface area contributed by atoms with Crippen LogP contribution >= 0.6 is 0 Å². The van der Waals surface area contributed by atoms with E-state index in [-0.39, 0.29) is 19.1 Å². The maximum absolute atomic E-state index is 12.8. The fourth-order valence-electron chi connectivity index (χ4n) is 3.68. The maximum atomic E-state index is 12.8. The summed E-state index contributed by atoms with van der Waals surface area (Å²) in [5, 5.41) is 3.72. The fraction of sp³-hybridized carbons (Fsp3) is 0.500. The summed E-state index contributed by atoms with van der Waals surface area (Å²) in [4.78, 5) is 21.3. The first-order valence-corrected chi connectivity index (χ1v) is 8.70. The molecule has 0 aliphatic carbocycles. The lowest BCUT2D eigenvalue weighted by atomic mass is 10.1. The molecule has 7 heteroatoms. The van der Waals surface area contributed by atoms with Crippen molar-refractivity contribution in [2.45, 2.75) is 39.0 Å². The highest BCUT2D eigenvalue weighted by Gasteiger charge is 2.33. The molecule has 132 valence electrons. The molecule has 4 rings (SSSR count). The first kappa shape index (κ1) is 16.2. The molecular formula is C18H22N4O3. The zero-order chi connectivity index (χ0) is 17.2. The molecule has 1 atom stereocenters. The first-order chi connectivity index (χ1) is 12.2. The number of fused-ring (bicyclic) bond motifs is 2. The number of para-hydroxylation sites is 1. The van der Waals surface area contributed by atoms with E-state index in [1.54, 1.807) is 6.92 Å². The highest BCUT2D eigenvalue weighted by atomic mass is 16.5. The van der Waals surface area contributed by atoms with Crippen LogP contribution in [0.2, 0.25) is 0 Å². The lowest BCUT2D eigenvalue weighted by Crippen LogP contribution is -2.42. The Morgan fingerprint density at radius 1 is 1.40 bits per heavy atom. The second-order valence-corrected chi connectivity index (χ2v) is 6.63. The molecule has 1 aromatic heterocycles. The number of carbonyl (C=O) groups is 1. The summed E-state index contributed by atoms with van der Waals surface area (Å²) in [6, 6.07) is 8.58. The Labute approximate surface area is 146 Å². The molecule has 3 heterocycles. The van der Waals surface area contributed by atoms with Gasteiger partial charge in [-0.25, -0.2) is 0 Å². The summed E-state index contributed by atoms with van der Waals surface area (Å²) < 4.78 is 10.5. The Bertz CT molecular complexity index is 760. The van der Waals surface area contributed by atoms with Gasteiger partial charge in [0.15, 0.2) is 5.82 Å². The molecule has 1 amide bonds. The third kappa shape index (κ3) is 3.43. The van der Waals surface area contributed by atoms with Gasteiger partial charge in [-0.15, -0.1) is 0 Å². The van der Waals surface area contributed by atoms with E-state index in [0.717, 1.165) is 31.7 Å². The van der Waals surface area contributed by atoms with Gasteiger partial charge in [-0.1, -0.05) is 23.4 Å². The van der Waals surface area contributed by atoms with Crippen molar-refractivity contribution in [2.24, 2.45) is 0 Å². The summed E-state index contributed by atoms with van der Waals surface area (Å²) in [6.07, 6.45) is 2.34. The van der Waals surface area contributed by atoms with E-state index >= 15 is 0 Å². The van der Waals surface area contributed by atoms with Gasteiger partial charge in [-0.3, -0.25) is 9.69 Å². The molecule has 7 nitrogen and oxygen atoms in total. The normalized spacial score (nSPS) is 20.2. The summed E-state index contributed by atoms with van der Waals surface area (Å²) in [7, 11) is 0. The number of hydrogen-bond acceptors (Lipinski definition) is 6. The number of carbonyl (C=O) groups excluding carboxylic acids is 1. The van der Waals surface area contributed by atoms with Crippen molar-refractivity contribution in [3.8, 4) is 0 Å². The number of aromatic nitrogens is 2. The third-order valence-corrected chi connectivity index (χ3v) is 4.87. The quantitative estimate of drug-likeness (QED) is 0.845. The Kier molecular flexibility index (Phi) is 4.50. The second kappa shape index (κ2) is 6.93. The number of benzene rings is 1. The SMILES string of the molecule is Cc1noc(COCC(=O)N2C[C@H]3CCCN3Cc3ccccc32)n1. The predicted molar refractivity (Wildman–Crippen MR) is 90.9 cm³/mol. The number of rotatable bonds is 4. The molecular weight excluding hydrogens is 320 g/mol. The van der Waals surface area contributed by atoms with Gasteiger partial charge >= 0.3 is 0 Å². The topological polar surface area (TPSA) is 71.7 Å². The van der Waals surface area contributed by atoms with E-state index in [9.17, 15) is 4.79 Å². The van der Waals surface area contributed by atoms with Crippen LogP contribution in [0.3, 0.4) is 0 Å². The van der Waals surface area contributed by atoms with Gasteiger partial charge in [0.25, 0.3) is 11.8 Å². The van der Waals surface area contributed by atoms with Gasteiger partial charge < -0.3 is 14.2 Å². The molecule has 2 aliphatic heterocycles. The summed E-state index contributed by atoms with van der Waals surface area (Å²) in [6.45, 7) is 4.64. The van der Waals surface area contributed by atoms with Crippen molar-refractivity contribution in [2.75, 3.05) is 24.6 Å². The highest BCUT2D eigenvalue weighted by Crippen LogP contribution is 2.31. The van der Waals surface area contributed by atoms with Crippen molar-refractivity contribution >= 4 is 11.6 Å². The van der Waals surface area contributed by atoms with Crippen LogP contribution in [0, 0.1) is 6.92 Å². The fourth-order valence-corrected chi connectivity index (χ4v) is 3.68. The Morgan fingerprint density at radius 2 is 2.28 bits per heavy atom.